The molecular weight excluding hydrogens is 372 g/mol. The summed E-state index contributed by atoms with van der Waals surface area (Å²) in [6, 6.07) is 9.66. The van der Waals surface area contributed by atoms with Gasteiger partial charge in [0, 0.05) is 18.0 Å². The van der Waals surface area contributed by atoms with E-state index >= 15 is 0 Å². The van der Waals surface area contributed by atoms with Crippen LogP contribution in [0.5, 0.6) is 0 Å². The lowest BCUT2D eigenvalue weighted by Gasteiger charge is -2.06. The van der Waals surface area contributed by atoms with Crippen molar-refractivity contribution in [3.05, 3.63) is 50.1 Å². The Morgan fingerprint density at radius 1 is 1.33 bits per heavy atom. The number of hydrogen-bond donors (Lipinski definition) is 2. The van der Waals surface area contributed by atoms with E-state index in [2.05, 4.69) is 26.7 Å². The number of nitrogens with one attached hydrogen (secondary N) is 1. The lowest BCUT2D eigenvalue weighted by atomic mass is 10.1. The molecule has 21 heavy (non-hydrogen) atoms. The second-order valence-corrected chi connectivity index (χ2v) is 8.88. The quantitative estimate of drug-likeness (QED) is 0.798. The van der Waals surface area contributed by atoms with Crippen molar-refractivity contribution in [1.82, 2.24) is 4.72 Å². The number of aryl methyl sites for hydroxylation is 1. The fraction of sp³-hybridized carbons (Fsp3) is 0.286. The van der Waals surface area contributed by atoms with E-state index in [1.54, 1.807) is 6.07 Å². The van der Waals surface area contributed by atoms with E-state index in [1.165, 1.54) is 16.9 Å². The van der Waals surface area contributed by atoms with Crippen molar-refractivity contribution in [2.75, 3.05) is 6.54 Å². The monoisotopic (exact) mass is 388 g/mol. The molecule has 7 heteroatoms. The molecule has 0 aliphatic rings. The Morgan fingerprint density at radius 3 is 2.71 bits per heavy atom. The van der Waals surface area contributed by atoms with E-state index < -0.39 is 10.0 Å². The number of rotatable bonds is 6. The molecular formula is C14H17BrN2O2S2. The first-order valence-corrected chi connectivity index (χ1v) is 9.55. The van der Waals surface area contributed by atoms with Gasteiger partial charge in [0.05, 0.1) is 3.79 Å². The van der Waals surface area contributed by atoms with Gasteiger partial charge in [0.15, 0.2) is 0 Å². The van der Waals surface area contributed by atoms with Crippen LogP contribution in [0.1, 0.15) is 16.0 Å². The molecule has 2 aromatic rings. The third-order valence-electron chi connectivity index (χ3n) is 2.99. The zero-order chi connectivity index (χ0) is 15.5. The van der Waals surface area contributed by atoms with Gasteiger partial charge >= 0.3 is 0 Å². The Kier molecular flexibility index (Phi) is 5.56. The fourth-order valence-electron chi connectivity index (χ4n) is 1.96. The van der Waals surface area contributed by atoms with Crippen LogP contribution in [-0.4, -0.2) is 15.0 Å². The second kappa shape index (κ2) is 7.02. The summed E-state index contributed by atoms with van der Waals surface area (Å²) in [5.41, 5.74) is 7.83. The minimum absolute atomic E-state index is 0.261. The molecule has 3 N–H and O–H groups in total. The predicted molar refractivity (Wildman–Crippen MR) is 90.0 cm³/mol. The van der Waals surface area contributed by atoms with E-state index in [-0.39, 0.29) is 4.90 Å². The summed E-state index contributed by atoms with van der Waals surface area (Å²) in [5, 5.41) is 0. The number of sulfonamides is 1. The Balaban J connectivity index is 2.03. The molecule has 0 unspecified atom stereocenters. The molecule has 0 spiro atoms. The van der Waals surface area contributed by atoms with Gasteiger partial charge in [-0.1, -0.05) is 29.8 Å². The number of halogens is 1. The van der Waals surface area contributed by atoms with Gasteiger partial charge in [0.1, 0.15) is 4.90 Å². The molecule has 0 fully saturated rings. The molecule has 1 heterocycles. The maximum atomic E-state index is 12.3. The fourth-order valence-corrected chi connectivity index (χ4v) is 5.55. The number of benzene rings is 1. The molecule has 4 nitrogen and oxygen atoms in total. The van der Waals surface area contributed by atoms with Crippen molar-refractivity contribution in [3.63, 3.8) is 0 Å². The number of nitrogens with two attached hydrogens (primary N) is 1. The predicted octanol–water partition coefficient (Wildman–Crippen LogP) is 2.80. The molecule has 0 aliphatic carbocycles. The summed E-state index contributed by atoms with van der Waals surface area (Å²) in [6.07, 6.45) is 0.659. The molecule has 0 amide bonds. The highest BCUT2D eigenvalue weighted by Gasteiger charge is 2.20. The maximum absolute atomic E-state index is 12.3. The SMILES string of the molecule is Cc1cccc(CCNS(=O)(=O)c2cc(CN)sc2Br)c1. The van der Waals surface area contributed by atoms with E-state index in [0.29, 0.717) is 23.3 Å². The van der Waals surface area contributed by atoms with Crippen LogP contribution < -0.4 is 10.5 Å². The molecule has 0 bridgehead atoms. The van der Waals surface area contributed by atoms with Crippen LogP contribution >= 0.6 is 27.3 Å². The van der Waals surface area contributed by atoms with Gasteiger partial charge in [-0.05, 0) is 40.9 Å². The molecule has 0 atom stereocenters. The maximum Gasteiger partial charge on any atom is 0.242 e. The van der Waals surface area contributed by atoms with Gasteiger partial charge in [-0.3, -0.25) is 0 Å². The van der Waals surface area contributed by atoms with Crippen LogP contribution in [-0.2, 0) is 23.0 Å². The van der Waals surface area contributed by atoms with E-state index in [4.69, 9.17) is 5.73 Å². The van der Waals surface area contributed by atoms with Crippen molar-refractivity contribution in [1.29, 1.82) is 0 Å². The van der Waals surface area contributed by atoms with Crippen molar-refractivity contribution in [2.24, 2.45) is 5.73 Å². The van der Waals surface area contributed by atoms with E-state index in [9.17, 15) is 8.42 Å². The van der Waals surface area contributed by atoms with Gasteiger partial charge in [-0.25, -0.2) is 13.1 Å². The molecule has 0 saturated carbocycles. The van der Waals surface area contributed by atoms with Gasteiger partial charge in [0.25, 0.3) is 0 Å². The van der Waals surface area contributed by atoms with Gasteiger partial charge in [-0.2, -0.15) is 0 Å². The van der Waals surface area contributed by atoms with Crippen molar-refractivity contribution >= 4 is 37.3 Å². The highest BCUT2D eigenvalue weighted by molar-refractivity contribution is 9.11. The van der Waals surface area contributed by atoms with Crippen molar-refractivity contribution in [2.45, 2.75) is 24.8 Å². The third kappa shape index (κ3) is 4.37. The normalized spacial score (nSPS) is 11.8. The van der Waals surface area contributed by atoms with Crippen LogP contribution in [0.4, 0.5) is 0 Å². The molecule has 1 aromatic heterocycles. The summed E-state index contributed by atoms with van der Waals surface area (Å²) < 4.78 is 27.7. The third-order valence-corrected chi connectivity index (χ3v) is 6.72. The smallest absolute Gasteiger partial charge is 0.242 e. The first-order valence-electron chi connectivity index (χ1n) is 6.46. The molecule has 0 aliphatic heterocycles. The van der Waals surface area contributed by atoms with E-state index in [0.717, 1.165) is 10.4 Å². The van der Waals surface area contributed by atoms with Crippen LogP contribution in [0.2, 0.25) is 0 Å². The first-order chi connectivity index (χ1) is 9.92. The largest absolute Gasteiger partial charge is 0.326 e. The average molecular weight is 389 g/mol. The van der Waals surface area contributed by atoms with Crippen molar-refractivity contribution in [3.8, 4) is 0 Å². The zero-order valence-corrected chi connectivity index (χ0v) is 14.8. The van der Waals surface area contributed by atoms with Gasteiger partial charge in [-0.15, -0.1) is 11.3 Å². The topological polar surface area (TPSA) is 72.2 Å². The summed E-state index contributed by atoms with van der Waals surface area (Å²) in [4.78, 5) is 1.10. The number of thiophene rings is 1. The highest BCUT2D eigenvalue weighted by Crippen LogP contribution is 2.31. The van der Waals surface area contributed by atoms with Gasteiger partial charge < -0.3 is 5.73 Å². The van der Waals surface area contributed by atoms with Crippen LogP contribution in [0, 0.1) is 6.92 Å². The minimum atomic E-state index is -3.50. The molecule has 1 aromatic carbocycles. The van der Waals surface area contributed by atoms with E-state index in [1.807, 2.05) is 25.1 Å². The van der Waals surface area contributed by atoms with Crippen LogP contribution in [0.25, 0.3) is 0 Å². The number of hydrogen-bond acceptors (Lipinski definition) is 4. The highest BCUT2D eigenvalue weighted by atomic mass is 79.9. The van der Waals surface area contributed by atoms with Gasteiger partial charge in [0.2, 0.25) is 10.0 Å². The Labute approximate surface area is 137 Å². The summed E-state index contributed by atoms with van der Waals surface area (Å²) >= 11 is 4.63. The Morgan fingerprint density at radius 2 is 2.10 bits per heavy atom. The van der Waals surface area contributed by atoms with Crippen LogP contribution in [0.3, 0.4) is 0 Å². The molecule has 0 saturated heterocycles. The molecule has 114 valence electrons. The molecule has 2 rings (SSSR count). The standard InChI is InChI=1S/C14H17BrN2O2S2/c1-10-3-2-4-11(7-10)5-6-17-21(18,19)13-8-12(9-16)20-14(13)15/h2-4,7-8,17H,5-6,9,16H2,1H3. The second-order valence-electron chi connectivity index (χ2n) is 4.69. The summed E-state index contributed by atoms with van der Waals surface area (Å²) in [7, 11) is -3.50. The lowest BCUT2D eigenvalue weighted by molar-refractivity contribution is 0.581. The minimum Gasteiger partial charge on any atom is -0.326 e. The Hall–Kier alpha value is -0.730. The summed E-state index contributed by atoms with van der Waals surface area (Å²) in [6.45, 7) is 2.72. The first kappa shape index (κ1) is 16.6. The lowest BCUT2D eigenvalue weighted by Crippen LogP contribution is -2.25. The summed E-state index contributed by atoms with van der Waals surface area (Å²) in [5.74, 6) is 0. The Bertz CT molecular complexity index is 726. The molecule has 0 radical (unpaired) electrons. The zero-order valence-electron chi connectivity index (χ0n) is 11.6. The average Bonchev–Trinajstić information content (AvgIpc) is 2.81. The van der Waals surface area contributed by atoms with Crippen LogP contribution in [0.15, 0.2) is 39.0 Å². The van der Waals surface area contributed by atoms with Crippen molar-refractivity contribution < 1.29 is 8.42 Å².